The lowest BCUT2D eigenvalue weighted by molar-refractivity contribution is 0.568. The minimum atomic E-state index is 0.637. The van der Waals surface area contributed by atoms with E-state index in [1.165, 1.54) is 12.8 Å². The second kappa shape index (κ2) is 4.93. The topological polar surface area (TPSA) is 36.4 Å². The first kappa shape index (κ1) is 9.26. The Kier molecular flexibility index (Phi) is 3.80. The first-order valence-electron chi connectivity index (χ1n) is 4.43. The third-order valence-corrected chi connectivity index (χ3v) is 2.07. The molecule has 3 heteroatoms. The Balaban J connectivity index is 2.15. The molecule has 68 valence electrons. The molecule has 0 spiro atoms. The number of nitrogens with zero attached hydrogens (tertiary/aromatic N) is 1. The number of allylic oxidation sites excluding steroid dienone is 1. The molecule has 1 saturated heterocycles. The summed E-state index contributed by atoms with van der Waals surface area (Å²) in [6, 6.07) is 0.637. The predicted octanol–water partition coefficient (Wildman–Crippen LogP) is 0.890. The molecule has 0 amide bonds. The number of hydrogen-bond acceptors (Lipinski definition) is 3. The van der Waals surface area contributed by atoms with Crippen molar-refractivity contribution in [3.8, 4) is 0 Å². The van der Waals surface area contributed by atoms with Gasteiger partial charge in [-0.25, -0.2) is 0 Å². The maximum Gasteiger partial charge on any atom is 0.0447 e. The van der Waals surface area contributed by atoms with Gasteiger partial charge in [-0.05, 0) is 33.0 Å². The van der Waals surface area contributed by atoms with Crippen LogP contribution in [0.2, 0.25) is 0 Å². The van der Waals surface area contributed by atoms with Crippen LogP contribution in [0, 0.1) is 0 Å². The van der Waals surface area contributed by atoms with Gasteiger partial charge in [-0.15, -0.1) is 0 Å². The monoisotopic (exact) mass is 167 g/mol. The zero-order chi connectivity index (χ0) is 8.81. The van der Waals surface area contributed by atoms with Crippen LogP contribution in [0.5, 0.6) is 0 Å². The van der Waals surface area contributed by atoms with E-state index in [1.54, 1.807) is 6.20 Å². The van der Waals surface area contributed by atoms with E-state index >= 15 is 0 Å². The maximum absolute atomic E-state index is 3.69. The van der Waals surface area contributed by atoms with Crippen molar-refractivity contribution < 1.29 is 0 Å². The first-order chi connectivity index (χ1) is 5.83. The highest BCUT2D eigenvalue weighted by atomic mass is 15.0. The van der Waals surface area contributed by atoms with Gasteiger partial charge in [0, 0.05) is 24.5 Å². The van der Waals surface area contributed by atoms with Crippen LogP contribution in [-0.4, -0.2) is 25.8 Å². The zero-order valence-electron chi connectivity index (χ0n) is 7.64. The van der Waals surface area contributed by atoms with Gasteiger partial charge in [-0.1, -0.05) is 0 Å². The van der Waals surface area contributed by atoms with E-state index in [9.17, 15) is 0 Å². The SMILES string of the molecule is C=N/C=C(\C)NCC1CCCN1. The first-order valence-corrected chi connectivity index (χ1v) is 4.43. The lowest BCUT2D eigenvalue weighted by Gasteiger charge is -2.11. The standard InChI is InChI=1S/C9H17N3/c1-8(6-10-2)12-7-9-4-3-5-11-9/h6,9,11-12H,2-5,7H2,1H3/b8-6+. The average molecular weight is 167 g/mol. The lowest BCUT2D eigenvalue weighted by Crippen LogP contribution is -2.32. The van der Waals surface area contributed by atoms with Gasteiger partial charge in [0.15, 0.2) is 0 Å². The molecule has 1 aliphatic rings. The molecule has 0 aromatic heterocycles. The molecule has 0 aromatic rings. The summed E-state index contributed by atoms with van der Waals surface area (Å²) in [5.41, 5.74) is 1.08. The largest absolute Gasteiger partial charge is 0.386 e. The van der Waals surface area contributed by atoms with E-state index in [-0.39, 0.29) is 0 Å². The number of hydrogen-bond donors (Lipinski definition) is 2. The van der Waals surface area contributed by atoms with E-state index < -0.39 is 0 Å². The van der Waals surface area contributed by atoms with E-state index in [0.29, 0.717) is 6.04 Å². The van der Waals surface area contributed by atoms with Crippen LogP contribution in [0.3, 0.4) is 0 Å². The molecule has 3 nitrogen and oxygen atoms in total. The Labute approximate surface area is 74.0 Å². The van der Waals surface area contributed by atoms with Crippen molar-refractivity contribution >= 4 is 6.72 Å². The van der Waals surface area contributed by atoms with Gasteiger partial charge in [0.05, 0.1) is 0 Å². The summed E-state index contributed by atoms with van der Waals surface area (Å²) < 4.78 is 0. The van der Waals surface area contributed by atoms with Crippen molar-refractivity contribution in [2.75, 3.05) is 13.1 Å². The molecule has 2 N–H and O–H groups in total. The van der Waals surface area contributed by atoms with E-state index in [0.717, 1.165) is 18.8 Å². The van der Waals surface area contributed by atoms with Gasteiger partial charge < -0.3 is 10.6 Å². The fraction of sp³-hybridized carbons (Fsp3) is 0.667. The highest BCUT2D eigenvalue weighted by molar-refractivity contribution is 5.26. The number of aliphatic imine (C=N–C) groups is 1. The Bertz CT molecular complexity index is 169. The Morgan fingerprint density at radius 2 is 2.67 bits per heavy atom. The zero-order valence-corrected chi connectivity index (χ0v) is 7.64. The Morgan fingerprint density at radius 1 is 1.83 bits per heavy atom. The summed E-state index contributed by atoms with van der Waals surface area (Å²) in [5, 5.41) is 6.71. The van der Waals surface area contributed by atoms with Crippen LogP contribution in [0.4, 0.5) is 0 Å². The molecule has 0 saturated carbocycles. The molecule has 12 heavy (non-hydrogen) atoms. The summed E-state index contributed by atoms with van der Waals surface area (Å²) in [7, 11) is 0. The highest BCUT2D eigenvalue weighted by Crippen LogP contribution is 2.03. The minimum absolute atomic E-state index is 0.637. The summed E-state index contributed by atoms with van der Waals surface area (Å²) in [6.07, 6.45) is 4.32. The minimum Gasteiger partial charge on any atom is -0.386 e. The molecule has 0 aliphatic carbocycles. The van der Waals surface area contributed by atoms with E-state index in [4.69, 9.17) is 0 Å². The van der Waals surface area contributed by atoms with E-state index in [2.05, 4.69) is 22.3 Å². The summed E-state index contributed by atoms with van der Waals surface area (Å²) in [6.45, 7) is 7.56. The van der Waals surface area contributed by atoms with Crippen molar-refractivity contribution in [1.29, 1.82) is 0 Å². The van der Waals surface area contributed by atoms with Gasteiger partial charge >= 0.3 is 0 Å². The van der Waals surface area contributed by atoms with Crippen molar-refractivity contribution in [3.05, 3.63) is 11.9 Å². The molecule has 1 rings (SSSR count). The van der Waals surface area contributed by atoms with Gasteiger partial charge in [-0.3, -0.25) is 4.99 Å². The van der Waals surface area contributed by atoms with Crippen LogP contribution in [0.25, 0.3) is 0 Å². The molecule has 1 aliphatic heterocycles. The van der Waals surface area contributed by atoms with Crippen molar-refractivity contribution in [2.24, 2.45) is 4.99 Å². The lowest BCUT2D eigenvalue weighted by atomic mass is 10.2. The van der Waals surface area contributed by atoms with Crippen LogP contribution in [0.1, 0.15) is 19.8 Å². The van der Waals surface area contributed by atoms with Crippen LogP contribution < -0.4 is 10.6 Å². The second-order valence-corrected chi connectivity index (χ2v) is 3.17. The third-order valence-electron chi connectivity index (χ3n) is 2.07. The van der Waals surface area contributed by atoms with Crippen LogP contribution in [0.15, 0.2) is 16.9 Å². The Hall–Kier alpha value is -0.830. The molecule has 1 fully saturated rings. The number of rotatable bonds is 4. The fourth-order valence-electron chi connectivity index (χ4n) is 1.40. The summed E-state index contributed by atoms with van der Waals surface area (Å²) in [4.78, 5) is 3.69. The van der Waals surface area contributed by atoms with Gasteiger partial charge in [0.25, 0.3) is 0 Å². The fourth-order valence-corrected chi connectivity index (χ4v) is 1.40. The number of nitrogens with one attached hydrogen (secondary N) is 2. The maximum atomic E-state index is 3.69. The third kappa shape index (κ3) is 3.05. The molecule has 0 aromatic carbocycles. The molecular formula is C9H17N3. The molecule has 0 radical (unpaired) electrons. The highest BCUT2D eigenvalue weighted by Gasteiger charge is 2.12. The summed E-state index contributed by atoms with van der Waals surface area (Å²) in [5.74, 6) is 0. The quantitative estimate of drug-likeness (QED) is 0.610. The molecule has 1 unspecified atom stereocenters. The second-order valence-electron chi connectivity index (χ2n) is 3.17. The van der Waals surface area contributed by atoms with Crippen molar-refractivity contribution in [3.63, 3.8) is 0 Å². The van der Waals surface area contributed by atoms with Gasteiger partial charge in [0.1, 0.15) is 0 Å². The predicted molar refractivity (Wildman–Crippen MR) is 52.3 cm³/mol. The molecule has 0 bridgehead atoms. The summed E-state index contributed by atoms with van der Waals surface area (Å²) >= 11 is 0. The van der Waals surface area contributed by atoms with Gasteiger partial charge in [-0.2, -0.15) is 0 Å². The molecule has 1 heterocycles. The normalized spacial score (nSPS) is 24.1. The van der Waals surface area contributed by atoms with Crippen molar-refractivity contribution in [1.82, 2.24) is 10.6 Å². The molecule has 1 atom stereocenters. The Morgan fingerprint density at radius 3 is 3.25 bits per heavy atom. The van der Waals surface area contributed by atoms with Crippen LogP contribution >= 0.6 is 0 Å². The molecular weight excluding hydrogens is 150 g/mol. The van der Waals surface area contributed by atoms with E-state index in [1.807, 2.05) is 6.92 Å². The smallest absolute Gasteiger partial charge is 0.0447 e. The van der Waals surface area contributed by atoms with Crippen LogP contribution in [-0.2, 0) is 0 Å². The van der Waals surface area contributed by atoms with Gasteiger partial charge in [0.2, 0.25) is 0 Å². The van der Waals surface area contributed by atoms with Crippen molar-refractivity contribution in [2.45, 2.75) is 25.8 Å². The average Bonchev–Trinajstić information content (AvgIpc) is 2.53.